The fraction of sp³-hybridized carbons (Fsp3) is 0.800. The van der Waals surface area contributed by atoms with Crippen LogP contribution >= 0.6 is 0 Å². The molecule has 0 saturated heterocycles. The summed E-state index contributed by atoms with van der Waals surface area (Å²) in [4.78, 5) is 0. The van der Waals surface area contributed by atoms with Crippen LogP contribution in [0.15, 0.2) is 0 Å². The molecule has 0 amide bonds. The van der Waals surface area contributed by atoms with Gasteiger partial charge in [0, 0.05) is 39.8 Å². The summed E-state index contributed by atoms with van der Waals surface area (Å²) in [6.45, 7) is 2.88. The van der Waals surface area contributed by atoms with E-state index >= 15 is 0 Å². The van der Waals surface area contributed by atoms with Crippen LogP contribution in [0.2, 0.25) is 0 Å². The average molecular weight is 176 g/mol. The Hall–Kier alpha value is 1.06. The number of hydrogen-bond acceptors (Lipinski definition) is 1. The molecule has 0 fully saturated rings. The Labute approximate surface area is 70.7 Å². The summed E-state index contributed by atoms with van der Waals surface area (Å²) >= 11 is 0. The van der Waals surface area contributed by atoms with E-state index in [4.69, 9.17) is 4.74 Å². The summed E-state index contributed by atoms with van der Waals surface area (Å²) in [6, 6.07) is 0. The minimum Gasteiger partial charge on any atom is -0.416 e. The van der Waals surface area contributed by atoms with Crippen molar-refractivity contribution in [3.8, 4) is 0 Å². The molecule has 0 aromatic carbocycles. The van der Waals surface area contributed by atoms with E-state index in [0.717, 1.165) is 13.0 Å². The van der Waals surface area contributed by atoms with Crippen molar-refractivity contribution in [1.82, 2.24) is 0 Å². The van der Waals surface area contributed by atoms with Crippen LogP contribution in [-0.2, 0) is 37.4 Å². The van der Waals surface area contributed by atoms with Gasteiger partial charge in [0.25, 0.3) is 0 Å². The minimum atomic E-state index is 0. The number of methoxy groups -OCH3 is 1. The Morgan fingerprint density at radius 2 is 2.14 bits per heavy atom. The van der Waals surface area contributed by atoms with Crippen LogP contribution in [0.3, 0.4) is 0 Å². The molecule has 41 valence electrons. The molecule has 0 aromatic heterocycles. The molecule has 0 heterocycles. The number of hydrogen-bond donors (Lipinski definition) is 0. The molecule has 1 nitrogen and oxygen atoms in total. The first-order valence-electron chi connectivity index (χ1n) is 2.22. The molecule has 0 saturated carbocycles. The van der Waals surface area contributed by atoms with Crippen molar-refractivity contribution < 1.29 is 37.4 Å². The summed E-state index contributed by atoms with van der Waals surface area (Å²) in [5.74, 6) is 0. The van der Waals surface area contributed by atoms with E-state index in [1.54, 1.807) is 7.11 Å². The van der Waals surface area contributed by atoms with Gasteiger partial charge in [-0.2, -0.15) is 6.42 Å². The molecule has 0 atom stereocenters. The molecule has 0 N–H and O–H groups in total. The second-order valence-corrected chi connectivity index (χ2v) is 1.15. The second kappa shape index (κ2) is 10.1. The van der Waals surface area contributed by atoms with E-state index in [1.165, 1.54) is 0 Å². The molecule has 0 unspecified atom stereocenters. The molecule has 0 bridgehead atoms. The standard InChI is InChI=1S/C5H11O.Y/c1-3-4-5-6-2;/h4H,3,5H2,1-2H3;/q-1;. The zero-order valence-corrected chi connectivity index (χ0v) is 7.82. The summed E-state index contributed by atoms with van der Waals surface area (Å²) < 4.78 is 4.73. The van der Waals surface area contributed by atoms with Crippen LogP contribution in [0.1, 0.15) is 13.3 Å². The molecule has 0 rings (SSSR count). The molecular weight excluding hydrogens is 165 g/mol. The predicted molar refractivity (Wildman–Crippen MR) is 26.5 cm³/mol. The van der Waals surface area contributed by atoms with Crippen LogP contribution in [0.25, 0.3) is 0 Å². The molecular formula is C5H11OY-. The molecule has 7 heavy (non-hydrogen) atoms. The molecule has 0 aliphatic rings. The first-order valence-corrected chi connectivity index (χ1v) is 2.22. The van der Waals surface area contributed by atoms with Gasteiger partial charge in [-0.1, -0.05) is 13.5 Å². The van der Waals surface area contributed by atoms with E-state index in [9.17, 15) is 0 Å². The minimum absolute atomic E-state index is 0. The van der Waals surface area contributed by atoms with E-state index < -0.39 is 0 Å². The summed E-state index contributed by atoms with van der Waals surface area (Å²) in [5, 5.41) is 0. The Morgan fingerprint density at radius 1 is 1.57 bits per heavy atom. The van der Waals surface area contributed by atoms with Gasteiger partial charge in [0.1, 0.15) is 0 Å². The maximum Gasteiger partial charge on any atom is 0.0319 e. The Balaban J connectivity index is 0. The monoisotopic (exact) mass is 176 g/mol. The van der Waals surface area contributed by atoms with Crippen molar-refractivity contribution in [1.29, 1.82) is 0 Å². The molecule has 1 radical (unpaired) electrons. The van der Waals surface area contributed by atoms with Gasteiger partial charge < -0.3 is 11.2 Å². The quantitative estimate of drug-likeness (QED) is 0.464. The second-order valence-electron chi connectivity index (χ2n) is 1.15. The SMILES string of the molecule is CC[CH-]COC.[Y]. The smallest absolute Gasteiger partial charge is 0.0319 e. The third-order valence-electron chi connectivity index (χ3n) is 0.573. The number of unbranched alkanes of at least 4 members (excludes halogenated alkanes) is 1. The summed E-state index contributed by atoms with van der Waals surface area (Å²) in [6.07, 6.45) is 3.19. The van der Waals surface area contributed by atoms with Crippen LogP contribution < -0.4 is 0 Å². The van der Waals surface area contributed by atoms with Crippen LogP contribution in [0.4, 0.5) is 0 Å². The van der Waals surface area contributed by atoms with Crippen LogP contribution in [0, 0.1) is 6.42 Å². The molecule has 2 heteroatoms. The Morgan fingerprint density at radius 3 is 2.29 bits per heavy atom. The Kier molecular flexibility index (Phi) is 15.8. The van der Waals surface area contributed by atoms with Gasteiger partial charge in [-0.25, -0.2) is 0 Å². The maximum atomic E-state index is 4.73. The zero-order chi connectivity index (χ0) is 4.83. The fourth-order valence-corrected chi connectivity index (χ4v) is 0.236. The predicted octanol–water partition coefficient (Wildman–Crippen LogP) is 1.24. The zero-order valence-electron chi connectivity index (χ0n) is 4.98. The van der Waals surface area contributed by atoms with Crippen LogP contribution in [0.5, 0.6) is 0 Å². The molecule has 0 aliphatic carbocycles. The van der Waals surface area contributed by atoms with Crippen molar-refractivity contribution in [3.63, 3.8) is 0 Å². The van der Waals surface area contributed by atoms with Gasteiger partial charge in [0.05, 0.1) is 0 Å². The third kappa shape index (κ3) is 11.0. The van der Waals surface area contributed by atoms with E-state index in [2.05, 4.69) is 13.3 Å². The van der Waals surface area contributed by atoms with Crippen LogP contribution in [-0.4, -0.2) is 13.7 Å². The Bertz CT molecular complexity index is 20.0. The molecule has 0 aromatic rings. The summed E-state index contributed by atoms with van der Waals surface area (Å²) in [5.41, 5.74) is 0. The van der Waals surface area contributed by atoms with Crippen molar-refractivity contribution in [2.45, 2.75) is 13.3 Å². The van der Waals surface area contributed by atoms with Gasteiger partial charge in [-0.3, -0.25) is 0 Å². The van der Waals surface area contributed by atoms with Gasteiger partial charge >= 0.3 is 0 Å². The fourth-order valence-electron chi connectivity index (χ4n) is 0.236. The van der Waals surface area contributed by atoms with Crippen molar-refractivity contribution in [2.75, 3.05) is 13.7 Å². The number of ether oxygens (including phenoxy) is 1. The first-order chi connectivity index (χ1) is 2.91. The van der Waals surface area contributed by atoms with Crippen molar-refractivity contribution >= 4 is 0 Å². The van der Waals surface area contributed by atoms with Gasteiger partial charge in [0.2, 0.25) is 0 Å². The first kappa shape index (κ1) is 10.9. The topological polar surface area (TPSA) is 9.23 Å². The van der Waals surface area contributed by atoms with Gasteiger partial charge in [-0.05, 0) is 0 Å². The number of rotatable bonds is 3. The maximum absolute atomic E-state index is 4.73. The normalized spacial score (nSPS) is 7.71. The van der Waals surface area contributed by atoms with E-state index in [-0.39, 0.29) is 32.7 Å². The third-order valence-corrected chi connectivity index (χ3v) is 0.573. The van der Waals surface area contributed by atoms with Gasteiger partial charge in [0.15, 0.2) is 0 Å². The molecule has 0 aliphatic heterocycles. The molecule has 0 spiro atoms. The van der Waals surface area contributed by atoms with E-state index in [1.807, 2.05) is 0 Å². The van der Waals surface area contributed by atoms with E-state index in [0.29, 0.717) is 0 Å². The largest absolute Gasteiger partial charge is 0.416 e. The summed E-state index contributed by atoms with van der Waals surface area (Å²) in [7, 11) is 1.70. The average Bonchev–Trinajstić information content (AvgIpc) is 1.61. The van der Waals surface area contributed by atoms with Gasteiger partial charge in [-0.15, -0.1) is 0 Å². The van der Waals surface area contributed by atoms with Crippen molar-refractivity contribution in [3.05, 3.63) is 6.42 Å². The van der Waals surface area contributed by atoms with Crippen molar-refractivity contribution in [2.24, 2.45) is 0 Å².